The van der Waals surface area contributed by atoms with Gasteiger partial charge >= 0.3 is 0 Å². The fraction of sp³-hybridized carbons (Fsp3) is 0.300. The van der Waals surface area contributed by atoms with E-state index in [9.17, 15) is 9.18 Å². The van der Waals surface area contributed by atoms with Gasteiger partial charge in [0.15, 0.2) is 5.60 Å². The number of amides is 1. The summed E-state index contributed by atoms with van der Waals surface area (Å²) in [5.74, 6) is -0.508. The molecule has 0 fully saturated rings. The van der Waals surface area contributed by atoms with Gasteiger partial charge in [-0.25, -0.2) is 4.39 Å². The Balaban J connectivity index is 2.79. The minimum atomic E-state index is -1.09. The molecule has 3 nitrogen and oxygen atoms in total. The summed E-state index contributed by atoms with van der Waals surface area (Å²) in [4.78, 5) is 10.9. The van der Waals surface area contributed by atoms with E-state index in [1.807, 2.05) is 0 Å². The number of benzene rings is 1. The van der Waals surface area contributed by atoms with Crippen LogP contribution in [0.2, 0.25) is 0 Å². The zero-order chi connectivity index (χ0) is 10.8. The summed E-state index contributed by atoms with van der Waals surface area (Å²) in [6, 6.07) is 5.40. The molecule has 0 atom stereocenters. The molecular formula is C10H12FNO2. The zero-order valence-electron chi connectivity index (χ0n) is 8.08. The van der Waals surface area contributed by atoms with E-state index in [-0.39, 0.29) is 5.82 Å². The largest absolute Gasteiger partial charge is 0.478 e. The first-order valence-electron chi connectivity index (χ1n) is 4.16. The minimum absolute atomic E-state index is 0.353. The molecule has 0 heterocycles. The summed E-state index contributed by atoms with van der Waals surface area (Å²) in [6.45, 7) is 3.11. The van der Waals surface area contributed by atoms with Crippen LogP contribution >= 0.6 is 0 Å². The molecule has 0 radical (unpaired) electrons. The number of halogens is 1. The van der Waals surface area contributed by atoms with E-state index in [0.29, 0.717) is 5.75 Å². The molecule has 0 bridgehead atoms. The molecule has 2 N–H and O–H groups in total. The quantitative estimate of drug-likeness (QED) is 0.797. The van der Waals surface area contributed by atoms with Gasteiger partial charge in [-0.3, -0.25) is 4.79 Å². The molecule has 1 rings (SSSR count). The van der Waals surface area contributed by atoms with Crippen LogP contribution in [-0.4, -0.2) is 11.5 Å². The van der Waals surface area contributed by atoms with Crippen molar-refractivity contribution in [2.45, 2.75) is 19.4 Å². The maximum atomic E-state index is 12.5. The molecule has 0 aliphatic rings. The first-order valence-corrected chi connectivity index (χ1v) is 4.16. The Kier molecular flexibility index (Phi) is 2.74. The number of hydrogen-bond donors (Lipinski definition) is 1. The van der Waals surface area contributed by atoms with E-state index in [0.717, 1.165) is 0 Å². The number of primary amides is 1. The van der Waals surface area contributed by atoms with Crippen LogP contribution in [0, 0.1) is 5.82 Å². The Morgan fingerprint density at radius 3 is 2.29 bits per heavy atom. The van der Waals surface area contributed by atoms with Gasteiger partial charge in [0.1, 0.15) is 11.6 Å². The molecule has 0 aliphatic carbocycles. The van der Waals surface area contributed by atoms with E-state index in [1.54, 1.807) is 13.8 Å². The summed E-state index contributed by atoms with van der Waals surface area (Å²) in [5.41, 5.74) is 4.02. The van der Waals surface area contributed by atoms with Gasteiger partial charge < -0.3 is 10.5 Å². The predicted octanol–water partition coefficient (Wildman–Crippen LogP) is 1.47. The molecule has 0 unspecified atom stereocenters. The SMILES string of the molecule is CC(C)(Oc1ccc(F)cc1)C(N)=O. The lowest BCUT2D eigenvalue weighted by atomic mass is 10.1. The third kappa shape index (κ3) is 2.45. The first-order chi connectivity index (χ1) is 6.42. The van der Waals surface area contributed by atoms with Crippen molar-refractivity contribution in [3.8, 4) is 5.75 Å². The molecule has 1 amide bonds. The van der Waals surface area contributed by atoms with Crippen LogP contribution < -0.4 is 10.5 Å². The van der Waals surface area contributed by atoms with Crippen molar-refractivity contribution >= 4 is 5.91 Å². The summed E-state index contributed by atoms with van der Waals surface area (Å²) < 4.78 is 17.8. The van der Waals surface area contributed by atoms with Crippen molar-refractivity contribution in [2.24, 2.45) is 5.73 Å². The first kappa shape index (κ1) is 10.5. The maximum Gasteiger partial charge on any atom is 0.261 e. The minimum Gasteiger partial charge on any atom is -0.478 e. The highest BCUT2D eigenvalue weighted by Gasteiger charge is 2.26. The van der Waals surface area contributed by atoms with E-state index >= 15 is 0 Å². The number of carbonyl (C=O) groups is 1. The van der Waals surface area contributed by atoms with Gasteiger partial charge in [0, 0.05) is 0 Å². The van der Waals surface area contributed by atoms with Crippen LogP contribution in [0.4, 0.5) is 4.39 Å². The third-order valence-electron chi connectivity index (χ3n) is 1.78. The van der Waals surface area contributed by atoms with Crippen LogP contribution in [0.15, 0.2) is 24.3 Å². The van der Waals surface area contributed by atoms with Crippen LogP contribution in [0.5, 0.6) is 5.75 Å². The van der Waals surface area contributed by atoms with Crippen molar-refractivity contribution < 1.29 is 13.9 Å². The molecule has 4 heteroatoms. The normalized spacial score (nSPS) is 11.1. The predicted molar refractivity (Wildman–Crippen MR) is 50.3 cm³/mol. The number of hydrogen-bond acceptors (Lipinski definition) is 2. The molecule has 0 saturated heterocycles. The number of nitrogens with two attached hydrogens (primary N) is 1. The highest BCUT2D eigenvalue weighted by Crippen LogP contribution is 2.18. The molecule has 1 aromatic rings. The Bertz CT molecular complexity index is 332. The van der Waals surface area contributed by atoms with Crippen LogP contribution in [0.1, 0.15) is 13.8 Å². The standard InChI is InChI=1S/C10H12FNO2/c1-10(2,9(12)13)14-8-5-3-7(11)4-6-8/h3-6H,1-2H3,(H2,12,13). The molecule has 0 aromatic heterocycles. The lowest BCUT2D eigenvalue weighted by Crippen LogP contribution is -2.43. The lowest BCUT2D eigenvalue weighted by Gasteiger charge is -2.22. The van der Waals surface area contributed by atoms with Crippen molar-refractivity contribution in [3.63, 3.8) is 0 Å². The van der Waals surface area contributed by atoms with E-state index in [4.69, 9.17) is 10.5 Å². The van der Waals surface area contributed by atoms with Crippen molar-refractivity contribution in [2.75, 3.05) is 0 Å². The lowest BCUT2D eigenvalue weighted by molar-refractivity contribution is -0.130. The monoisotopic (exact) mass is 197 g/mol. The molecule has 14 heavy (non-hydrogen) atoms. The van der Waals surface area contributed by atoms with Gasteiger partial charge in [0.05, 0.1) is 0 Å². The van der Waals surface area contributed by atoms with Crippen molar-refractivity contribution in [1.82, 2.24) is 0 Å². The summed E-state index contributed by atoms with van der Waals surface area (Å²) in [6.07, 6.45) is 0. The van der Waals surface area contributed by atoms with Gasteiger partial charge in [-0.1, -0.05) is 0 Å². The van der Waals surface area contributed by atoms with Crippen LogP contribution in [0.3, 0.4) is 0 Å². The highest BCUT2D eigenvalue weighted by atomic mass is 19.1. The van der Waals surface area contributed by atoms with Crippen molar-refractivity contribution in [3.05, 3.63) is 30.1 Å². The Morgan fingerprint density at radius 1 is 1.36 bits per heavy atom. The number of rotatable bonds is 3. The van der Waals surface area contributed by atoms with Crippen LogP contribution in [-0.2, 0) is 4.79 Å². The zero-order valence-corrected chi connectivity index (χ0v) is 8.08. The smallest absolute Gasteiger partial charge is 0.261 e. The van der Waals surface area contributed by atoms with Gasteiger partial charge in [-0.2, -0.15) is 0 Å². The van der Waals surface area contributed by atoms with E-state index < -0.39 is 11.5 Å². The fourth-order valence-corrected chi connectivity index (χ4v) is 0.848. The topological polar surface area (TPSA) is 52.3 Å². The maximum absolute atomic E-state index is 12.5. The second-order valence-corrected chi connectivity index (χ2v) is 3.43. The average Bonchev–Trinajstić information content (AvgIpc) is 2.08. The third-order valence-corrected chi connectivity index (χ3v) is 1.78. The van der Waals surface area contributed by atoms with Gasteiger partial charge in [-0.15, -0.1) is 0 Å². The molecule has 0 aliphatic heterocycles. The molecule has 0 saturated carbocycles. The second kappa shape index (κ2) is 3.65. The highest BCUT2D eigenvalue weighted by molar-refractivity contribution is 5.82. The molecule has 0 spiro atoms. The van der Waals surface area contributed by atoms with Crippen LogP contribution in [0.25, 0.3) is 0 Å². The molecule has 76 valence electrons. The molecule has 1 aromatic carbocycles. The Morgan fingerprint density at radius 2 is 1.86 bits per heavy atom. The molecular weight excluding hydrogens is 185 g/mol. The average molecular weight is 197 g/mol. The summed E-state index contributed by atoms with van der Waals surface area (Å²) >= 11 is 0. The van der Waals surface area contributed by atoms with Gasteiger partial charge in [0.2, 0.25) is 0 Å². The fourth-order valence-electron chi connectivity index (χ4n) is 0.848. The van der Waals surface area contributed by atoms with E-state index in [2.05, 4.69) is 0 Å². The Labute approximate surface area is 81.7 Å². The Hall–Kier alpha value is -1.58. The number of carbonyl (C=O) groups excluding carboxylic acids is 1. The summed E-state index contributed by atoms with van der Waals surface area (Å²) in [5, 5.41) is 0. The number of ether oxygens (including phenoxy) is 1. The van der Waals surface area contributed by atoms with Crippen molar-refractivity contribution in [1.29, 1.82) is 0 Å². The van der Waals surface area contributed by atoms with E-state index in [1.165, 1.54) is 24.3 Å². The second-order valence-electron chi connectivity index (χ2n) is 3.43. The summed E-state index contributed by atoms with van der Waals surface area (Å²) in [7, 11) is 0. The van der Waals surface area contributed by atoms with Gasteiger partial charge in [0.25, 0.3) is 5.91 Å². The van der Waals surface area contributed by atoms with Gasteiger partial charge in [-0.05, 0) is 38.1 Å².